The smallest absolute Gasteiger partial charge is 0.287 e. The van der Waals surface area contributed by atoms with Gasteiger partial charge in [0.15, 0.2) is 5.76 Å². The molecule has 0 radical (unpaired) electrons. The van der Waals surface area contributed by atoms with Crippen LogP contribution in [0.5, 0.6) is 0 Å². The lowest BCUT2D eigenvalue weighted by molar-refractivity contribution is 0.0902. The molecule has 3 rings (SSSR count). The Balaban J connectivity index is 1.80. The first-order valence-corrected chi connectivity index (χ1v) is 6.52. The molecule has 0 aromatic carbocycles. The Kier molecular flexibility index (Phi) is 3.07. The van der Waals surface area contributed by atoms with Gasteiger partial charge in [-0.15, -0.1) is 0 Å². The molecule has 2 aromatic rings. The summed E-state index contributed by atoms with van der Waals surface area (Å²) in [7, 11) is 0. The molecule has 1 atom stereocenters. The van der Waals surface area contributed by atoms with Crippen molar-refractivity contribution in [2.24, 2.45) is 5.92 Å². The first kappa shape index (κ1) is 12.0. The first-order chi connectivity index (χ1) is 9.24. The number of rotatable bonds is 4. The number of nitrogens with one attached hydrogen (secondary N) is 1. The van der Waals surface area contributed by atoms with Crippen molar-refractivity contribution in [3.63, 3.8) is 0 Å². The van der Waals surface area contributed by atoms with Crippen LogP contribution >= 0.6 is 0 Å². The molecule has 0 unspecified atom stereocenters. The number of amides is 1. The maximum Gasteiger partial charge on any atom is 0.287 e. The highest BCUT2D eigenvalue weighted by Gasteiger charge is 2.34. The van der Waals surface area contributed by atoms with Crippen molar-refractivity contribution in [2.75, 3.05) is 0 Å². The summed E-state index contributed by atoms with van der Waals surface area (Å²) >= 11 is 0. The van der Waals surface area contributed by atoms with Crippen molar-refractivity contribution in [1.29, 1.82) is 0 Å². The zero-order valence-corrected chi connectivity index (χ0v) is 10.8. The van der Waals surface area contributed by atoms with E-state index < -0.39 is 0 Å². The minimum absolute atomic E-state index is 0.0162. The second-order valence-electron chi connectivity index (χ2n) is 4.97. The molecule has 0 spiro atoms. The van der Waals surface area contributed by atoms with Crippen molar-refractivity contribution in [1.82, 2.24) is 10.3 Å². The molecule has 0 aliphatic heterocycles. The van der Waals surface area contributed by atoms with Gasteiger partial charge in [-0.25, -0.2) is 0 Å². The summed E-state index contributed by atoms with van der Waals surface area (Å²) in [5.74, 6) is 0.664. The second-order valence-corrected chi connectivity index (χ2v) is 4.97. The number of nitrogens with zero attached hydrogens (tertiary/aromatic N) is 1. The predicted molar refractivity (Wildman–Crippen MR) is 70.6 cm³/mol. The van der Waals surface area contributed by atoms with E-state index in [4.69, 9.17) is 4.42 Å². The van der Waals surface area contributed by atoms with Gasteiger partial charge in [0.05, 0.1) is 18.0 Å². The maximum absolute atomic E-state index is 12.1. The van der Waals surface area contributed by atoms with E-state index >= 15 is 0 Å². The number of aryl methyl sites for hydroxylation is 1. The molecule has 1 fully saturated rings. The van der Waals surface area contributed by atoms with Gasteiger partial charge < -0.3 is 9.73 Å². The maximum atomic E-state index is 12.1. The molecule has 98 valence electrons. The van der Waals surface area contributed by atoms with Gasteiger partial charge in [-0.1, -0.05) is 6.07 Å². The molecule has 2 heterocycles. The lowest BCUT2D eigenvalue weighted by Crippen LogP contribution is -2.30. The highest BCUT2D eigenvalue weighted by molar-refractivity contribution is 5.91. The summed E-state index contributed by atoms with van der Waals surface area (Å²) in [6.45, 7) is 1.96. The van der Waals surface area contributed by atoms with Gasteiger partial charge in [-0.05, 0) is 49.9 Å². The normalized spacial score (nSPS) is 16.1. The van der Waals surface area contributed by atoms with E-state index in [1.54, 1.807) is 12.1 Å². The van der Waals surface area contributed by atoms with Crippen molar-refractivity contribution in [3.8, 4) is 0 Å². The van der Waals surface area contributed by atoms with Crippen LogP contribution in [-0.4, -0.2) is 10.9 Å². The number of carbonyl (C=O) groups is 1. The average Bonchev–Trinajstić information content (AvgIpc) is 3.09. The molecule has 0 bridgehead atoms. The largest absolute Gasteiger partial charge is 0.459 e. The summed E-state index contributed by atoms with van der Waals surface area (Å²) in [4.78, 5) is 16.6. The third kappa shape index (κ3) is 2.67. The lowest BCUT2D eigenvalue weighted by atomic mass is 10.1. The topological polar surface area (TPSA) is 55.1 Å². The van der Waals surface area contributed by atoms with E-state index in [2.05, 4.69) is 10.3 Å². The Hall–Kier alpha value is -2.10. The van der Waals surface area contributed by atoms with Crippen LogP contribution in [0.25, 0.3) is 0 Å². The summed E-state index contributed by atoms with van der Waals surface area (Å²) in [6.07, 6.45) is 3.78. The minimum atomic E-state index is -0.176. The molecule has 1 aliphatic carbocycles. The molecule has 19 heavy (non-hydrogen) atoms. The average molecular weight is 256 g/mol. The SMILES string of the molecule is Cc1cccc([C@H](NC(=O)c2ccco2)C2CC2)n1. The van der Waals surface area contributed by atoms with Gasteiger partial charge in [0.1, 0.15) is 0 Å². The van der Waals surface area contributed by atoms with Crippen LogP contribution in [0.3, 0.4) is 0 Å². The number of furan rings is 1. The quantitative estimate of drug-likeness (QED) is 0.915. The van der Waals surface area contributed by atoms with Crippen LogP contribution in [0.4, 0.5) is 0 Å². The minimum Gasteiger partial charge on any atom is -0.459 e. The Bertz CT molecular complexity index is 574. The summed E-state index contributed by atoms with van der Waals surface area (Å²) < 4.78 is 5.12. The molecule has 4 nitrogen and oxygen atoms in total. The predicted octanol–water partition coefficient (Wildman–Crippen LogP) is 2.86. The Labute approximate surface area is 111 Å². The van der Waals surface area contributed by atoms with Crippen molar-refractivity contribution >= 4 is 5.91 Å². The fourth-order valence-corrected chi connectivity index (χ4v) is 2.22. The molecular weight excluding hydrogens is 240 g/mol. The fourth-order valence-electron chi connectivity index (χ4n) is 2.22. The molecule has 1 amide bonds. The van der Waals surface area contributed by atoms with Gasteiger partial charge in [0.2, 0.25) is 0 Å². The van der Waals surface area contributed by atoms with E-state index in [0.29, 0.717) is 11.7 Å². The molecular formula is C15H16N2O2. The Morgan fingerprint density at radius 3 is 2.84 bits per heavy atom. The van der Waals surface area contributed by atoms with Gasteiger partial charge >= 0.3 is 0 Å². The zero-order valence-electron chi connectivity index (χ0n) is 10.8. The third-order valence-electron chi connectivity index (χ3n) is 3.35. The molecule has 1 saturated carbocycles. The number of carbonyl (C=O) groups excluding carboxylic acids is 1. The standard InChI is InChI=1S/C15H16N2O2/c1-10-4-2-5-12(16-10)14(11-7-8-11)17-15(18)13-6-3-9-19-13/h2-6,9,11,14H,7-8H2,1H3,(H,17,18)/t14-/m1/s1. The number of pyridine rings is 1. The van der Waals surface area contributed by atoms with E-state index in [0.717, 1.165) is 24.2 Å². The number of aromatic nitrogens is 1. The fraction of sp³-hybridized carbons (Fsp3) is 0.333. The van der Waals surface area contributed by atoms with Crippen LogP contribution in [-0.2, 0) is 0 Å². The highest BCUT2D eigenvalue weighted by Crippen LogP contribution is 2.40. The van der Waals surface area contributed by atoms with E-state index in [9.17, 15) is 4.79 Å². The van der Waals surface area contributed by atoms with Crippen molar-refractivity contribution in [2.45, 2.75) is 25.8 Å². The summed E-state index contributed by atoms with van der Waals surface area (Å²) in [5.41, 5.74) is 1.90. The summed E-state index contributed by atoms with van der Waals surface area (Å²) in [5, 5.41) is 3.03. The van der Waals surface area contributed by atoms with Crippen LogP contribution in [0.2, 0.25) is 0 Å². The summed E-state index contributed by atoms with van der Waals surface area (Å²) in [6, 6.07) is 9.28. The van der Waals surface area contributed by atoms with E-state index in [1.807, 2.05) is 25.1 Å². The Morgan fingerprint density at radius 1 is 1.37 bits per heavy atom. The van der Waals surface area contributed by atoms with Crippen LogP contribution in [0, 0.1) is 12.8 Å². The Morgan fingerprint density at radius 2 is 2.21 bits per heavy atom. The second kappa shape index (κ2) is 4.88. The molecule has 4 heteroatoms. The van der Waals surface area contributed by atoms with E-state index in [-0.39, 0.29) is 11.9 Å². The monoisotopic (exact) mass is 256 g/mol. The lowest BCUT2D eigenvalue weighted by Gasteiger charge is -2.17. The van der Waals surface area contributed by atoms with Crippen LogP contribution in [0.1, 0.15) is 40.8 Å². The third-order valence-corrected chi connectivity index (χ3v) is 3.35. The number of hydrogen-bond acceptors (Lipinski definition) is 3. The number of hydrogen-bond donors (Lipinski definition) is 1. The highest BCUT2D eigenvalue weighted by atomic mass is 16.3. The van der Waals surface area contributed by atoms with Crippen molar-refractivity contribution in [3.05, 3.63) is 53.7 Å². The van der Waals surface area contributed by atoms with Gasteiger partial charge in [-0.2, -0.15) is 0 Å². The van der Waals surface area contributed by atoms with E-state index in [1.165, 1.54) is 6.26 Å². The first-order valence-electron chi connectivity index (χ1n) is 6.52. The van der Waals surface area contributed by atoms with Crippen LogP contribution in [0.15, 0.2) is 41.0 Å². The van der Waals surface area contributed by atoms with Gasteiger partial charge in [0.25, 0.3) is 5.91 Å². The van der Waals surface area contributed by atoms with Gasteiger partial charge in [-0.3, -0.25) is 9.78 Å². The molecule has 1 aliphatic rings. The van der Waals surface area contributed by atoms with Crippen molar-refractivity contribution < 1.29 is 9.21 Å². The molecule has 2 aromatic heterocycles. The van der Waals surface area contributed by atoms with Gasteiger partial charge in [0, 0.05) is 5.69 Å². The molecule has 1 N–H and O–H groups in total. The van der Waals surface area contributed by atoms with Crippen LogP contribution < -0.4 is 5.32 Å². The molecule has 0 saturated heterocycles. The zero-order chi connectivity index (χ0) is 13.2.